The first-order chi connectivity index (χ1) is 9.88. The number of nitrogens with zero attached hydrogens (tertiary/aromatic N) is 1. The number of halogens is 2. The molecule has 22 heavy (non-hydrogen) atoms. The summed E-state index contributed by atoms with van der Waals surface area (Å²) in [4.78, 5) is 2.66. The van der Waals surface area contributed by atoms with E-state index in [4.69, 9.17) is 4.74 Å². The maximum Gasteiger partial charge on any atom is 0.122 e. The molecule has 2 aliphatic heterocycles. The number of benzene rings is 1. The molecule has 1 aromatic carbocycles. The highest BCUT2D eigenvalue weighted by Crippen LogP contribution is 2.32. The molecule has 0 aromatic heterocycles. The van der Waals surface area contributed by atoms with Gasteiger partial charge >= 0.3 is 0 Å². The van der Waals surface area contributed by atoms with Crippen LogP contribution in [0.15, 0.2) is 18.2 Å². The van der Waals surface area contributed by atoms with Crippen LogP contribution in [0.1, 0.15) is 43.4 Å². The molecule has 1 N–H and O–H groups in total. The number of nitrogens with one attached hydrogen (secondary N) is 1. The maximum absolute atomic E-state index is 5.64. The predicted molar refractivity (Wildman–Crippen MR) is 96.8 cm³/mol. The van der Waals surface area contributed by atoms with Crippen molar-refractivity contribution >= 4 is 24.8 Å². The molecule has 1 fully saturated rings. The molecule has 2 aliphatic rings. The van der Waals surface area contributed by atoms with Crippen LogP contribution < -0.4 is 10.1 Å². The smallest absolute Gasteiger partial charge is 0.122 e. The van der Waals surface area contributed by atoms with Crippen molar-refractivity contribution in [3.05, 3.63) is 29.3 Å². The van der Waals surface area contributed by atoms with Crippen LogP contribution in [0.5, 0.6) is 5.75 Å². The van der Waals surface area contributed by atoms with E-state index in [9.17, 15) is 0 Å². The zero-order valence-electron chi connectivity index (χ0n) is 13.3. The van der Waals surface area contributed by atoms with Crippen LogP contribution in [0.4, 0.5) is 0 Å². The van der Waals surface area contributed by atoms with Gasteiger partial charge in [0, 0.05) is 38.6 Å². The molecule has 1 atom stereocenters. The molecule has 0 spiro atoms. The molecule has 0 unspecified atom stereocenters. The van der Waals surface area contributed by atoms with E-state index in [1.807, 2.05) is 0 Å². The van der Waals surface area contributed by atoms with E-state index in [0.29, 0.717) is 6.04 Å². The van der Waals surface area contributed by atoms with E-state index in [-0.39, 0.29) is 24.8 Å². The van der Waals surface area contributed by atoms with Gasteiger partial charge in [0.15, 0.2) is 0 Å². The van der Waals surface area contributed by atoms with Crippen LogP contribution >= 0.6 is 24.8 Å². The Labute approximate surface area is 146 Å². The topological polar surface area (TPSA) is 24.5 Å². The number of unbranched alkanes of at least 4 members (excludes halogenated alkanes) is 1. The lowest BCUT2D eigenvalue weighted by Crippen LogP contribution is -2.45. The van der Waals surface area contributed by atoms with Gasteiger partial charge < -0.3 is 10.1 Å². The number of piperazine rings is 1. The third-order valence-electron chi connectivity index (χ3n) is 4.52. The summed E-state index contributed by atoms with van der Waals surface area (Å²) < 4.78 is 5.64. The fourth-order valence-electron chi connectivity index (χ4n) is 3.37. The van der Waals surface area contributed by atoms with Gasteiger partial charge in [0.2, 0.25) is 0 Å². The molecule has 5 heteroatoms. The van der Waals surface area contributed by atoms with Gasteiger partial charge in [-0.25, -0.2) is 0 Å². The van der Waals surface area contributed by atoms with Crippen molar-refractivity contribution < 1.29 is 4.74 Å². The summed E-state index contributed by atoms with van der Waals surface area (Å²) >= 11 is 0. The summed E-state index contributed by atoms with van der Waals surface area (Å²) in [6, 6.07) is 7.44. The third-order valence-corrected chi connectivity index (χ3v) is 4.52. The molecule has 3 nitrogen and oxygen atoms in total. The Bertz CT molecular complexity index is 450. The third kappa shape index (κ3) is 4.51. The lowest BCUT2D eigenvalue weighted by molar-refractivity contribution is 0.163. The second kappa shape index (κ2) is 9.61. The van der Waals surface area contributed by atoms with Crippen LogP contribution in [0.3, 0.4) is 0 Å². The van der Waals surface area contributed by atoms with Gasteiger partial charge in [0.1, 0.15) is 5.75 Å². The molecule has 1 saturated heterocycles. The number of fused-ring (bicyclic) bond motifs is 1. The second-order valence-electron chi connectivity index (χ2n) is 5.91. The second-order valence-corrected chi connectivity index (χ2v) is 5.91. The summed E-state index contributed by atoms with van der Waals surface area (Å²) in [6.45, 7) is 7.72. The van der Waals surface area contributed by atoms with E-state index < -0.39 is 0 Å². The Hall–Kier alpha value is -0.480. The maximum atomic E-state index is 5.64. The Morgan fingerprint density at radius 1 is 1.23 bits per heavy atom. The first-order valence-electron chi connectivity index (χ1n) is 8.09. The SMILES string of the molecule is CCCC[C@H](c1ccc2c(c1)CCO2)N1CCNCC1.Cl.Cl. The van der Waals surface area contributed by atoms with Crippen molar-refractivity contribution in [3.8, 4) is 5.75 Å². The molecule has 0 saturated carbocycles. The van der Waals surface area contributed by atoms with Gasteiger partial charge in [-0.05, 0) is 23.6 Å². The van der Waals surface area contributed by atoms with Crippen LogP contribution in [0, 0.1) is 0 Å². The first-order valence-corrected chi connectivity index (χ1v) is 8.09. The minimum Gasteiger partial charge on any atom is -0.493 e. The fourth-order valence-corrected chi connectivity index (χ4v) is 3.37. The van der Waals surface area contributed by atoms with Gasteiger partial charge in [0.25, 0.3) is 0 Å². The van der Waals surface area contributed by atoms with Crippen LogP contribution in [0.25, 0.3) is 0 Å². The summed E-state index contributed by atoms with van der Waals surface area (Å²) in [5.74, 6) is 1.10. The number of hydrogen-bond acceptors (Lipinski definition) is 3. The van der Waals surface area contributed by atoms with Gasteiger partial charge in [-0.15, -0.1) is 24.8 Å². The first kappa shape index (κ1) is 19.6. The van der Waals surface area contributed by atoms with E-state index in [2.05, 4.69) is 35.3 Å². The Morgan fingerprint density at radius 3 is 2.73 bits per heavy atom. The molecule has 0 amide bonds. The van der Waals surface area contributed by atoms with Crippen LogP contribution in [-0.4, -0.2) is 37.7 Å². The fraction of sp³-hybridized carbons (Fsp3) is 0.647. The summed E-state index contributed by atoms with van der Waals surface area (Å²) in [5.41, 5.74) is 2.89. The minimum absolute atomic E-state index is 0. The molecule has 3 rings (SSSR count). The highest BCUT2D eigenvalue weighted by Gasteiger charge is 2.23. The average molecular weight is 347 g/mol. The standard InChI is InChI=1S/C17H26N2O.2ClH/c1-2-3-4-16(19-10-8-18-9-11-19)14-5-6-17-15(13-14)7-12-20-17;;/h5-6,13,16,18H,2-4,7-12H2,1H3;2*1H/t16-;;/m1../s1. The van der Waals surface area contributed by atoms with Gasteiger partial charge in [-0.3, -0.25) is 4.90 Å². The van der Waals surface area contributed by atoms with E-state index >= 15 is 0 Å². The average Bonchev–Trinajstić information content (AvgIpc) is 2.96. The zero-order chi connectivity index (χ0) is 13.8. The minimum atomic E-state index is 0. The highest BCUT2D eigenvalue weighted by molar-refractivity contribution is 5.85. The lowest BCUT2D eigenvalue weighted by Gasteiger charge is -2.35. The van der Waals surface area contributed by atoms with Crippen LogP contribution in [-0.2, 0) is 6.42 Å². The van der Waals surface area contributed by atoms with Gasteiger partial charge in [-0.2, -0.15) is 0 Å². The molecular weight excluding hydrogens is 319 g/mol. The molecule has 1 aromatic rings. The molecule has 0 aliphatic carbocycles. The molecule has 0 bridgehead atoms. The largest absolute Gasteiger partial charge is 0.493 e. The summed E-state index contributed by atoms with van der Waals surface area (Å²) in [7, 11) is 0. The Kier molecular flexibility index (Phi) is 8.55. The van der Waals surface area contributed by atoms with Gasteiger partial charge in [0.05, 0.1) is 6.61 Å². The van der Waals surface area contributed by atoms with Crippen molar-refractivity contribution in [2.45, 2.75) is 38.6 Å². The number of hydrogen-bond donors (Lipinski definition) is 1. The monoisotopic (exact) mass is 346 g/mol. The lowest BCUT2D eigenvalue weighted by atomic mass is 9.96. The Balaban J connectivity index is 0.00000121. The van der Waals surface area contributed by atoms with Crippen molar-refractivity contribution in [2.24, 2.45) is 0 Å². The van der Waals surface area contributed by atoms with E-state index in [0.717, 1.165) is 31.9 Å². The summed E-state index contributed by atoms with van der Waals surface area (Å²) in [5, 5.41) is 3.46. The van der Waals surface area contributed by atoms with Crippen molar-refractivity contribution in [1.29, 1.82) is 0 Å². The normalized spacial score (nSPS) is 18.6. The van der Waals surface area contributed by atoms with Gasteiger partial charge in [-0.1, -0.05) is 31.9 Å². The van der Waals surface area contributed by atoms with Crippen LogP contribution in [0.2, 0.25) is 0 Å². The number of ether oxygens (including phenoxy) is 1. The van der Waals surface area contributed by atoms with E-state index in [1.165, 1.54) is 43.5 Å². The quantitative estimate of drug-likeness (QED) is 0.881. The highest BCUT2D eigenvalue weighted by atomic mass is 35.5. The van der Waals surface area contributed by atoms with Crippen molar-refractivity contribution in [1.82, 2.24) is 10.2 Å². The molecule has 2 heterocycles. The Morgan fingerprint density at radius 2 is 2.00 bits per heavy atom. The predicted octanol–water partition coefficient (Wildman–Crippen LogP) is 3.60. The molecular formula is C17H28Cl2N2O. The van der Waals surface area contributed by atoms with Crippen molar-refractivity contribution in [2.75, 3.05) is 32.8 Å². The van der Waals surface area contributed by atoms with E-state index in [1.54, 1.807) is 0 Å². The summed E-state index contributed by atoms with van der Waals surface area (Å²) in [6.07, 6.45) is 4.93. The number of rotatable bonds is 5. The zero-order valence-corrected chi connectivity index (χ0v) is 15.0. The van der Waals surface area contributed by atoms with Crippen molar-refractivity contribution in [3.63, 3.8) is 0 Å². The molecule has 0 radical (unpaired) electrons. The molecule has 126 valence electrons.